The predicted octanol–water partition coefficient (Wildman–Crippen LogP) is 4.03. The van der Waals surface area contributed by atoms with Gasteiger partial charge in [-0.2, -0.15) is 5.10 Å². The van der Waals surface area contributed by atoms with Crippen molar-refractivity contribution in [3.05, 3.63) is 53.0 Å². The molecular weight excluding hydrogens is 321 g/mol. The number of fused-ring (bicyclic) bond motifs is 2. The van der Waals surface area contributed by atoms with Crippen molar-refractivity contribution in [2.45, 2.75) is 25.4 Å². The highest BCUT2D eigenvalue weighted by molar-refractivity contribution is 5.85. The molecule has 124 valence electrons. The number of aromatic amines is 1. The van der Waals surface area contributed by atoms with Crippen LogP contribution in [0.25, 0.3) is 10.9 Å². The van der Waals surface area contributed by atoms with Gasteiger partial charge < -0.3 is 9.84 Å². The minimum atomic E-state index is -3.25. The molecule has 2 N–H and O–H groups in total. The SMILES string of the molecule is Cc1ccc(Oc2cc(F)cc3[nH]ncc23)c2c1C(O)C(F)(F)C2. The molecule has 1 aromatic heterocycles. The number of benzene rings is 2. The summed E-state index contributed by atoms with van der Waals surface area (Å²) < 4.78 is 47.3. The zero-order valence-corrected chi connectivity index (χ0v) is 12.6. The highest BCUT2D eigenvalue weighted by Crippen LogP contribution is 2.48. The summed E-state index contributed by atoms with van der Waals surface area (Å²) in [5.74, 6) is -3.43. The maximum atomic E-state index is 13.9. The number of rotatable bonds is 2. The number of nitrogens with zero attached hydrogens (tertiary/aromatic N) is 1. The Labute approximate surface area is 134 Å². The van der Waals surface area contributed by atoms with Gasteiger partial charge in [0.15, 0.2) is 0 Å². The molecule has 0 saturated carbocycles. The van der Waals surface area contributed by atoms with Crippen LogP contribution in [-0.2, 0) is 6.42 Å². The summed E-state index contributed by atoms with van der Waals surface area (Å²) >= 11 is 0. The molecule has 0 bridgehead atoms. The lowest BCUT2D eigenvalue weighted by Crippen LogP contribution is -2.21. The molecule has 0 radical (unpaired) electrons. The van der Waals surface area contributed by atoms with Gasteiger partial charge in [-0.25, -0.2) is 13.2 Å². The van der Waals surface area contributed by atoms with Crippen LogP contribution in [0.3, 0.4) is 0 Å². The molecule has 24 heavy (non-hydrogen) atoms. The largest absolute Gasteiger partial charge is 0.456 e. The molecule has 0 fully saturated rings. The summed E-state index contributed by atoms with van der Waals surface area (Å²) in [6.07, 6.45) is -1.01. The highest BCUT2D eigenvalue weighted by atomic mass is 19.3. The number of halogens is 3. The second-order valence-corrected chi connectivity index (χ2v) is 5.95. The monoisotopic (exact) mass is 334 g/mol. The number of aliphatic hydroxyl groups is 1. The van der Waals surface area contributed by atoms with Crippen LogP contribution in [0.2, 0.25) is 0 Å². The van der Waals surface area contributed by atoms with E-state index < -0.39 is 24.3 Å². The Morgan fingerprint density at radius 3 is 2.88 bits per heavy atom. The van der Waals surface area contributed by atoms with Crippen LogP contribution in [0.15, 0.2) is 30.5 Å². The van der Waals surface area contributed by atoms with Crippen molar-refractivity contribution in [2.75, 3.05) is 0 Å². The average molecular weight is 334 g/mol. The smallest absolute Gasteiger partial charge is 0.281 e. The lowest BCUT2D eigenvalue weighted by molar-refractivity contribution is -0.0970. The zero-order valence-electron chi connectivity index (χ0n) is 12.6. The molecule has 1 heterocycles. The minimum Gasteiger partial charge on any atom is -0.456 e. The maximum Gasteiger partial charge on any atom is 0.281 e. The first-order chi connectivity index (χ1) is 11.4. The van der Waals surface area contributed by atoms with Crippen LogP contribution in [-0.4, -0.2) is 21.2 Å². The van der Waals surface area contributed by atoms with Crippen molar-refractivity contribution in [1.82, 2.24) is 10.2 Å². The first kappa shape index (κ1) is 15.0. The van der Waals surface area contributed by atoms with Crippen LogP contribution in [0.5, 0.6) is 11.5 Å². The molecule has 7 heteroatoms. The van der Waals surface area contributed by atoms with Crippen LogP contribution in [0, 0.1) is 12.7 Å². The van der Waals surface area contributed by atoms with Gasteiger partial charge in [-0.3, -0.25) is 5.10 Å². The summed E-state index contributed by atoms with van der Waals surface area (Å²) in [5, 5.41) is 16.9. The van der Waals surface area contributed by atoms with E-state index in [2.05, 4.69) is 10.2 Å². The Balaban J connectivity index is 1.83. The molecule has 0 spiro atoms. The number of ether oxygens (including phenoxy) is 1. The van der Waals surface area contributed by atoms with Crippen molar-refractivity contribution in [3.8, 4) is 11.5 Å². The summed E-state index contributed by atoms with van der Waals surface area (Å²) in [6.45, 7) is 1.66. The van der Waals surface area contributed by atoms with Crippen molar-refractivity contribution in [3.63, 3.8) is 0 Å². The summed E-state index contributed by atoms with van der Waals surface area (Å²) in [7, 11) is 0. The van der Waals surface area contributed by atoms with E-state index in [9.17, 15) is 18.3 Å². The summed E-state index contributed by atoms with van der Waals surface area (Å²) in [5.41, 5.74) is 1.43. The second-order valence-electron chi connectivity index (χ2n) is 5.95. The topological polar surface area (TPSA) is 58.1 Å². The third-order valence-electron chi connectivity index (χ3n) is 4.32. The van der Waals surface area contributed by atoms with Gasteiger partial charge in [-0.1, -0.05) is 6.07 Å². The molecule has 4 nitrogen and oxygen atoms in total. The fraction of sp³-hybridized carbons (Fsp3) is 0.235. The van der Waals surface area contributed by atoms with E-state index in [0.717, 1.165) is 0 Å². The normalized spacial score (nSPS) is 18.8. The first-order valence-electron chi connectivity index (χ1n) is 7.35. The van der Waals surface area contributed by atoms with E-state index in [1.54, 1.807) is 19.1 Å². The molecule has 3 aromatic rings. The molecule has 4 rings (SSSR count). The van der Waals surface area contributed by atoms with Crippen LogP contribution in [0.1, 0.15) is 22.8 Å². The van der Waals surface area contributed by atoms with Crippen LogP contribution in [0.4, 0.5) is 13.2 Å². The number of hydrogen-bond acceptors (Lipinski definition) is 3. The third-order valence-corrected chi connectivity index (χ3v) is 4.32. The van der Waals surface area contributed by atoms with E-state index in [1.807, 2.05) is 0 Å². The standard InChI is InChI=1S/C17H13F3N2O2/c1-8-2-3-13(10-6-17(19,20)16(23)15(8)10)24-14-5-9(18)4-12-11(14)7-21-22-12/h2-5,7,16,23H,6H2,1H3,(H,21,22). The van der Waals surface area contributed by atoms with Gasteiger partial charge in [0.25, 0.3) is 5.92 Å². The highest BCUT2D eigenvalue weighted by Gasteiger charge is 2.48. The summed E-state index contributed by atoms with van der Waals surface area (Å²) in [4.78, 5) is 0. The van der Waals surface area contributed by atoms with Gasteiger partial charge in [0.1, 0.15) is 23.4 Å². The fourth-order valence-corrected chi connectivity index (χ4v) is 3.15. The maximum absolute atomic E-state index is 13.9. The zero-order chi connectivity index (χ0) is 17.1. The summed E-state index contributed by atoms with van der Waals surface area (Å²) in [6, 6.07) is 5.60. The molecule has 1 aliphatic carbocycles. The number of alkyl halides is 2. The number of aryl methyl sites for hydroxylation is 1. The Hall–Kier alpha value is -2.54. The second kappa shape index (κ2) is 4.98. The van der Waals surface area contributed by atoms with E-state index in [4.69, 9.17) is 4.74 Å². The first-order valence-corrected chi connectivity index (χ1v) is 7.35. The van der Waals surface area contributed by atoms with Gasteiger partial charge in [-0.05, 0) is 30.2 Å². The van der Waals surface area contributed by atoms with Crippen molar-refractivity contribution >= 4 is 10.9 Å². The lowest BCUT2D eigenvalue weighted by Gasteiger charge is -2.15. The van der Waals surface area contributed by atoms with E-state index in [1.165, 1.54) is 18.3 Å². The van der Waals surface area contributed by atoms with E-state index >= 15 is 0 Å². The number of aliphatic hydroxyl groups excluding tert-OH is 1. The number of hydrogen-bond donors (Lipinski definition) is 2. The Kier molecular flexibility index (Phi) is 3.11. The number of H-pyrrole nitrogens is 1. The van der Waals surface area contributed by atoms with Gasteiger partial charge in [0.2, 0.25) is 0 Å². The molecule has 1 aliphatic rings. The van der Waals surface area contributed by atoms with Gasteiger partial charge in [0.05, 0.1) is 17.1 Å². The third kappa shape index (κ3) is 2.16. The van der Waals surface area contributed by atoms with E-state index in [0.29, 0.717) is 16.5 Å². The quantitative estimate of drug-likeness (QED) is 0.744. The Morgan fingerprint density at radius 2 is 2.08 bits per heavy atom. The molecule has 0 amide bonds. The number of aromatic nitrogens is 2. The molecular formula is C17H13F3N2O2. The average Bonchev–Trinajstić information content (AvgIpc) is 3.06. The Morgan fingerprint density at radius 1 is 1.29 bits per heavy atom. The number of nitrogens with one attached hydrogen (secondary N) is 1. The molecule has 0 aliphatic heterocycles. The fourth-order valence-electron chi connectivity index (χ4n) is 3.15. The van der Waals surface area contributed by atoms with Crippen LogP contribution >= 0.6 is 0 Å². The van der Waals surface area contributed by atoms with Gasteiger partial charge in [-0.15, -0.1) is 0 Å². The van der Waals surface area contributed by atoms with Crippen molar-refractivity contribution < 1.29 is 23.0 Å². The van der Waals surface area contributed by atoms with Gasteiger partial charge >= 0.3 is 0 Å². The molecule has 0 saturated heterocycles. The molecule has 2 aromatic carbocycles. The van der Waals surface area contributed by atoms with E-state index in [-0.39, 0.29) is 22.6 Å². The van der Waals surface area contributed by atoms with Crippen molar-refractivity contribution in [2.24, 2.45) is 0 Å². The molecule has 1 atom stereocenters. The van der Waals surface area contributed by atoms with Crippen LogP contribution < -0.4 is 4.74 Å². The van der Waals surface area contributed by atoms with Gasteiger partial charge in [0, 0.05) is 18.1 Å². The Bertz CT molecular complexity index is 952. The minimum absolute atomic E-state index is 0.175. The predicted molar refractivity (Wildman–Crippen MR) is 80.9 cm³/mol. The van der Waals surface area contributed by atoms with Crippen molar-refractivity contribution in [1.29, 1.82) is 0 Å². The molecule has 1 unspecified atom stereocenters. The lowest BCUT2D eigenvalue weighted by atomic mass is 10.0.